The largest absolute Gasteiger partial charge is 0.492 e. The van der Waals surface area contributed by atoms with Gasteiger partial charge in [0.1, 0.15) is 12.4 Å². The summed E-state index contributed by atoms with van der Waals surface area (Å²) in [6.45, 7) is 3.05. The molecule has 3 nitrogen and oxygen atoms in total. The summed E-state index contributed by atoms with van der Waals surface area (Å²) in [7, 11) is 0. The zero-order valence-corrected chi connectivity index (χ0v) is 13.7. The zero-order chi connectivity index (χ0) is 15.4. The van der Waals surface area contributed by atoms with Crippen molar-refractivity contribution in [3.63, 3.8) is 0 Å². The van der Waals surface area contributed by atoms with Gasteiger partial charge in [-0.25, -0.2) is 0 Å². The smallest absolute Gasteiger partial charge is 0.252 e. The lowest BCUT2D eigenvalue weighted by atomic mass is 9.96. The second kappa shape index (κ2) is 6.97. The zero-order valence-electron chi connectivity index (χ0n) is 12.9. The number of thiophene rings is 1. The molecule has 0 saturated carbocycles. The van der Waals surface area contributed by atoms with Crippen molar-refractivity contribution in [2.45, 2.75) is 32.6 Å². The molecule has 0 fully saturated rings. The fraction of sp³-hybridized carbons (Fsp3) is 0.389. The minimum Gasteiger partial charge on any atom is -0.492 e. The fourth-order valence-corrected chi connectivity index (χ4v) is 3.94. The molecule has 1 aliphatic rings. The Bertz CT molecular complexity index is 663. The Kier molecular flexibility index (Phi) is 4.78. The van der Waals surface area contributed by atoms with Crippen molar-refractivity contribution in [2.24, 2.45) is 0 Å². The highest BCUT2D eigenvalue weighted by Crippen LogP contribution is 2.30. The van der Waals surface area contributed by atoms with Gasteiger partial charge in [0.05, 0.1) is 12.1 Å². The van der Waals surface area contributed by atoms with E-state index in [1.54, 1.807) is 11.3 Å². The number of amides is 1. The lowest BCUT2D eigenvalue weighted by Crippen LogP contribution is -2.28. The number of aryl methyl sites for hydroxylation is 2. The molecule has 0 spiro atoms. The molecule has 1 aromatic heterocycles. The molecule has 116 valence electrons. The van der Waals surface area contributed by atoms with Crippen LogP contribution in [0.4, 0.5) is 0 Å². The molecule has 0 unspecified atom stereocenters. The normalized spacial score (nSPS) is 13.5. The summed E-state index contributed by atoms with van der Waals surface area (Å²) < 4.78 is 5.66. The average Bonchev–Trinajstić information content (AvgIpc) is 2.95. The summed E-state index contributed by atoms with van der Waals surface area (Å²) >= 11 is 1.73. The van der Waals surface area contributed by atoms with E-state index in [9.17, 15) is 4.79 Å². The van der Waals surface area contributed by atoms with E-state index in [1.165, 1.54) is 28.8 Å². The molecule has 0 bridgehead atoms. The molecule has 1 aromatic carbocycles. The van der Waals surface area contributed by atoms with E-state index in [0.717, 1.165) is 24.2 Å². The van der Waals surface area contributed by atoms with E-state index in [2.05, 4.69) is 5.32 Å². The third-order valence-electron chi connectivity index (χ3n) is 3.95. The van der Waals surface area contributed by atoms with Crippen molar-refractivity contribution in [1.29, 1.82) is 0 Å². The van der Waals surface area contributed by atoms with Gasteiger partial charge < -0.3 is 10.1 Å². The van der Waals surface area contributed by atoms with E-state index in [1.807, 2.05) is 36.6 Å². The van der Waals surface area contributed by atoms with Crippen molar-refractivity contribution in [2.75, 3.05) is 13.2 Å². The molecule has 1 heterocycles. The molecule has 22 heavy (non-hydrogen) atoms. The lowest BCUT2D eigenvalue weighted by Gasteiger charge is -2.13. The maximum absolute atomic E-state index is 12.3. The first-order valence-electron chi connectivity index (χ1n) is 7.81. The minimum absolute atomic E-state index is 0.0345. The monoisotopic (exact) mass is 315 g/mol. The van der Waals surface area contributed by atoms with E-state index >= 15 is 0 Å². The second-order valence-electron chi connectivity index (χ2n) is 5.68. The molecule has 0 aliphatic heterocycles. The van der Waals surface area contributed by atoms with E-state index in [4.69, 9.17) is 4.74 Å². The number of hydrogen-bond acceptors (Lipinski definition) is 3. The van der Waals surface area contributed by atoms with Gasteiger partial charge in [-0.2, -0.15) is 0 Å². The number of benzene rings is 1. The molecular formula is C18H21NO2S. The Morgan fingerprint density at radius 2 is 2.18 bits per heavy atom. The molecule has 0 radical (unpaired) electrons. The summed E-state index contributed by atoms with van der Waals surface area (Å²) in [6, 6.07) is 7.94. The molecular weight excluding hydrogens is 294 g/mol. The summed E-state index contributed by atoms with van der Waals surface area (Å²) in [5.74, 6) is 0.884. The third kappa shape index (κ3) is 3.50. The van der Waals surface area contributed by atoms with Crippen LogP contribution in [0.1, 0.15) is 39.2 Å². The standard InChI is InChI=1S/C18H21NO2S/c1-13-5-4-6-14(11-13)21-10-9-19-18(20)16-12-22-17-8-3-2-7-15(16)17/h4-6,11-12H,2-3,7-10H2,1H3,(H,19,20). The van der Waals surface area contributed by atoms with Crippen LogP contribution in [0.3, 0.4) is 0 Å². The van der Waals surface area contributed by atoms with Gasteiger partial charge in [0.2, 0.25) is 0 Å². The number of carbonyl (C=O) groups is 1. The average molecular weight is 315 g/mol. The predicted molar refractivity (Wildman–Crippen MR) is 90.0 cm³/mol. The highest BCUT2D eigenvalue weighted by atomic mass is 32.1. The van der Waals surface area contributed by atoms with Gasteiger partial charge in [-0.15, -0.1) is 11.3 Å². The Hall–Kier alpha value is -1.81. The Morgan fingerprint density at radius 1 is 1.32 bits per heavy atom. The molecule has 1 amide bonds. The predicted octanol–water partition coefficient (Wildman–Crippen LogP) is 3.74. The third-order valence-corrected chi connectivity index (χ3v) is 5.04. The molecule has 1 aliphatic carbocycles. The van der Waals surface area contributed by atoms with Gasteiger partial charge in [0.25, 0.3) is 5.91 Å². The van der Waals surface area contributed by atoms with Gasteiger partial charge in [-0.1, -0.05) is 12.1 Å². The highest BCUT2D eigenvalue weighted by Gasteiger charge is 2.19. The second-order valence-corrected chi connectivity index (χ2v) is 6.64. The first-order chi connectivity index (χ1) is 10.7. The van der Waals surface area contributed by atoms with Crippen LogP contribution in [0.2, 0.25) is 0 Å². The van der Waals surface area contributed by atoms with Crippen LogP contribution in [-0.4, -0.2) is 19.1 Å². The quantitative estimate of drug-likeness (QED) is 0.854. The summed E-state index contributed by atoms with van der Waals surface area (Å²) in [5.41, 5.74) is 3.31. The van der Waals surface area contributed by atoms with Gasteiger partial charge in [-0.05, 0) is 55.9 Å². The van der Waals surface area contributed by atoms with Crippen molar-refractivity contribution in [3.8, 4) is 5.75 Å². The fourth-order valence-electron chi connectivity index (χ4n) is 2.82. The number of fused-ring (bicyclic) bond motifs is 1. The van der Waals surface area contributed by atoms with E-state index < -0.39 is 0 Å². The van der Waals surface area contributed by atoms with Crippen LogP contribution >= 0.6 is 11.3 Å². The summed E-state index contributed by atoms with van der Waals surface area (Å²) in [5, 5.41) is 4.97. The topological polar surface area (TPSA) is 38.3 Å². The van der Waals surface area contributed by atoms with Gasteiger partial charge >= 0.3 is 0 Å². The SMILES string of the molecule is Cc1cccc(OCCNC(=O)c2csc3c2CCCC3)c1. The van der Waals surface area contributed by atoms with Crippen molar-refractivity contribution in [1.82, 2.24) is 5.32 Å². The van der Waals surface area contributed by atoms with Gasteiger partial charge in [0.15, 0.2) is 0 Å². The van der Waals surface area contributed by atoms with Crippen LogP contribution in [-0.2, 0) is 12.8 Å². The number of hydrogen-bond donors (Lipinski definition) is 1. The lowest BCUT2D eigenvalue weighted by molar-refractivity contribution is 0.0946. The summed E-state index contributed by atoms with van der Waals surface area (Å²) in [6.07, 6.45) is 4.62. The van der Waals surface area contributed by atoms with Crippen LogP contribution in [0.15, 0.2) is 29.6 Å². The van der Waals surface area contributed by atoms with Crippen molar-refractivity contribution >= 4 is 17.2 Å². The molecule has 1 N–H and O–H groups in total. The molecule has 4 heteroatoms. The van der Waals surface area contributed by atoms with Gasteiger partial charge in [0, 0.05) is 10.3 Å². The van der Waals surface area contributed by atoms with E-state index in [0.29, 0.717) is 13.2 Å². The minimum atomic E-state index is 0.0345. The van der Waals surface area contributed by atoms with E-state index in [-0.39, 0.29) is 5.91 Å². The number of carbonyl (C=O) groups excluding carboxylic acids is 1. The number of ether oxygens (including phenoxy) is 1. The Balaban J connectivity index is 1.49. The summed E-state index contributed by atoms with van der Waals surface area (Å²) in [4.78, 5) is 13.7. The Labute approximate surface area is 135 Å². The molecule has 2 aromatic rings. The molecule has 0 atom stereocenters. The highest BCUT2D eigenvalue weighted by molar-refractivity contribution is 7.10. The first kappa shape index (κ1) is 15.1. The van der Waals surface area contributed by atoms with Crippen LogP contribution in [0.25, 0.3) is 0 Å². The number of nitrogens with one attached hydrogen (secondary N) is 1. The van der Waals surface area contributed by atoms with Gasteiger partial charge in [-0.3, -0.25) is 4.79 Å². The maximum atomic E-state index is 12.3. The number of rotatable bonds is 5. The molecule has 3 rings (SSSR count). The Morgan fingerprint density at radius 3 is 3.05 bits per heavy atom. The van der Waals surface area contributed by atoms with Crippen LogP contribution in [0.5, 0.6) is 5.75 Å². The maximum Gasteiger partial charge on any atom is 0.252 e. The van der Waals surface area contributed by atoms with Crippen molar-refractivity contribution in [3.05, 3.63) is 51.2 Å². The van der Waals surface area contributed by atoms with Crippen molar-refractivity contribution < 1.29 is 9.53 Å². The van der Waals surface area contributed by atoms with Crippen LogP contribution in [0, 0.1) is 6.92 Å². The molecule has 0 saturated heterocycles. The van der Waals surface area contributed by atoms with Crippen LogP contribution < -0.4 is 10.1 Å². The first-order valence-corrected chi connectivity index (χ1v) is 8.69.